The summed E-state index contributed by atoms with van der Waals surface area (Å²) >= 11 is 5.43. The van der Waals surface area contributed by atoms with Crippen molar-refractivity contribution in [2.75, 3.05) is 5.32 Å². The molecule has 1 heterocycles. The van der Waals surface area contributed by atoms with Gasteiger partial charge in [-0.15, -0.1) is 0 Å². The predicted octanol–water partition coefficient (Wildman–Crippen LogP) is 2.14. The molecule has 0 aliphatic heterocycles. The number of rotatable bonds is 1. The van der Waals surface area contributed by atoms with Crippen molar-refractivity contribution < 1.29 is 9.18 Å². The van der Waals surface area contributed by atoms with Crippen molar-refractivity contribution in [2.45, 2.75) is 13.8 Å². The molecule has 13 heavy (non-hydrogen) atoms. The van der Waals surface area contributed by atoms with Gasteiger partial charge in [-0.2, -0.15) is 0 Å². The van der Waals surface area contributed by atoms with E-state index in [9.17, 15) is 9.18 Å². The number of aromatic nitrogens is 1. The van der Waals surface area contributed by atoms with E-state index in [1.807, 2.05) is 0 Å². The fraction of sp³-hybridized carbons (Fsp3) is 0.250. The molecule has 0 aromatic carbocycles. The van der Waals surface area contributed by atoms with E-state index in [4.69, 9.17) is 11.6 Å². The van der Waals surface area contributed by atoms with Crippen LogP contribution in [0, 0.1) is 12.7 Å². The molecule has 0 atom stereocenters. The molecule has 70 valence electrons. The Morgan fingerprint density at radius 3 is 2.85 bits per heavy atom. The molecular formula is C8H8ClFN2O. The van der Waals surface area contributed by atoms with Crippen molar-refractivity contribution in [2.24, 2.45) is 0 Å². The molecule has 1 amide bonds. The third-order valence-corrected chi connectivity index (χ3v) is 1.73. The Hall–Kier alpha value is -1.16. The van der Waals surface area contributed by atoms with Gasteiger partial charge in [-0.05, 0) is 12.5 Å². The molecule has 1 rings (SSSR count). The van der Waals surface area contributed by atoms with E-state index >= 15 is 0 Å². The second-order valence-electron chi connectivity index (χ2n) is 2.60. The number of halogens is 2. The van der Waals surface area contributed by atoms with Crippen LogP contribution in [0.4, 0.5) is 10.1 Å². The monoisotopic (exact) mass is 202 g/mol. The van der Waals surface area contributed by atoms with Crippen LogP contribution in [-0.2, 0) is 4.79 Å². The lowest BCUT2D eigenvalue weighted by molar-refractivity contribution is -0.114. The summed E-state index contributed by atoms with van der Waals surface area (Å²) in [5.74, 6) is -1.04. The van der Waals surface area contributed by atoms with Crippen LogP contribution in [0.3, 0.4) is 0 Å². The minimum Gasteiger partial charge on any atom is -0.323 e. The van der Waals surface area contributed by atoms with Crippen LogP contribution in [0.1, 0.15) is 12.5 Å². The van der Waals surface area contributed by atoms with Gasteiger partial charge in [-0.25, -0.2) is 9.37 Å². The normalized spacial score (nSPS) is 9.85. The zero-order valence-corrected chi connectivity index (χ0v) is 7.94. The first-order valence-corrected chi connectivity index (χ1v) is 3.98. The first-order valence-electron chi connectivity index (χ1n) is 3.60. The predicted molar refractivity (Wildman–Crippen MR) is 48.2 cm³/mol. The Balaban J connectivity index is 3.17. The highest BCUT2D eigenvalue weighted by atomic mass is 35.5. The average Bonchev–Trinajstić information content (AvgIpc) is 2.05. The standard InChI is InChI=1S/C8H8ClFN2O/c1-4-3-11-8(9)6(10)7(4)12-5(2)13/h3H,1-2H3,(H,11,12,13). The summed E-state index contributed by atoms with van der Waals surface area (Å²) in [7, 11) is 0. The smallest absolute Gasteiger partial charge is 0.221 e. The maximum Gasteiger partial charge on any atom is 0.221 e. The molecule has 0 fully saturated rings. The highest BCUT2D eigenvalue weighted by Crippen LogP contribution is 2.23. The number of carbonyl (C=O) groups excluding carboxylic acids is 1. The van der Waals surface area contributed by atoms with Crippen LogP contribution in [0.5, 0.6) is 0 Å². The molecule has 0 radical (unpaired) electrons. The summed E-state index contributed by atoms with van der Waals surface area (Å²) in [6.07, 6.45) is 1.40. The molecule has 1 aromatic rings. The third kappa shape index (κ3) is 2.15. The van der Waals surface area contributed by atoms with Crippen LogP contribution in [0.15, 0.2) is 6.20 Å². The van der Waals surface area contributed by atoms with E-state index in [0.29, 0.717) is 5.56 Å². The van der Waals surface area contributed by atoms with Crippen molar-refractivity contribution in [3.05, 3.63) is 22.7 Å². The van der Waals surface area contributed by atoms with Crippen molar-refractivity contribution in [3.8, 4) is 0 Å². The number of nitrogens with zero attached hydrogens (tertiary/aromatic N) is 1. The number of hydrogen-bond acceptors (Lipinski definition) is 2. The SMILES string of the molecule is CC(=O)Nc1c(C)cnc(Cl)c1F. The zero-order valence-electron chi connectivity index (χ0n) is 7.19. The topological polar surface area (TPSA) is 42.0 Å². The van der Waals surface area contributed by atoms with Gasteiger partial charge in [0.25, 0.3) is 0 Å². The van der Waals surface area contributed by atoms with E-state index in [-0.39, 0.29) is 16.7 Å². The number of aryl methyl sites for hydroxylation is 1. The molecule has 1 aromatic heterocycles. The maximum atomic E-state index is 13.2. The van der Waals surface area contributed by atoms with Gasteiger partial charge in [-0.3, -0.25) is 4.79 Å². The van der Waals surface area contributed by atoms with Gasteiger partial charge < -0.3 is 5.32 Å². The van der Waals surface area contributed by atoms with Crippen LogP contribution < -0.4 is 5.32 Å². The van der Waals surface area contributed by atoms with E-state index in [0.717, 1.165) is 0 Å². The molecule has 1 N–H and O–H groups in total. The summed E-state index contributed by atoms with van der Waals surface area (Å²) in [6, 6.07) is 0. The molecule has 0 spiro atoms. The Kier molecular flexibility index (Phi) is 2.83. The van der Waals surface area contributed by atoms with Gasteiger partial charge in [0.15, 0.2) is 11.0 Å². The van der Waals surface area contributed by atoms with Gasteiger partial charge in [0.1, 0.15) is 0 Å². The number of anilines is 1. The minimum atomic E-state index is -0.697. The van der Waals surface area contributed by atoms with Crippen molar-refractivity contribution in [1.82, 2.24) is 4.98 Å². The third-order valence-electron chi connectivity index (χ3n) is 1.47. The largest absolute Gasteiger partial charge is 0.323 e. The molecule has 0 bridgehead atoms. The summed E-state index contributed by atoms with van der Waals surface area (Å²) < 4.78 is 13.2. The van der Waals surface area contributed by atoms with Crippen molar-refractivity contribution >= 4 is 23.2 Å². The molecule has 5 heteroatoms. The number of nitrogens with one attached hydrogen (secondary N) is 1. The number of pyridine rings is 1. The first kappa shape index (κ1) is 9.92. The van der Waals surface area contributed by atoms with Crippen molar-refractivity contribution in [3.63, 3.8) is 0 Å². The van der Waals surface area contributed by atoms with Crippen LogP contribution in [0.2, 0.25) is 5.15 Å². The average molecular weight is 203 g/mol. The maximum absolute atomic E-state index is 13.2. The molecule has 0 aliphatic rings. The Labute approximate surface area is 79.9 Å². The first-order chi connectivity index (χ1) is 6.02. The second kappa shape index (κ2) is 3.70. The number of carbonyl (C=O) groups is 1. The molecule has 0 saturated carbocycles. The lowest BCUT2D eigenvalue weighted by Crippen LogP contribution is -2.09. The molecule has 0 aliphatic carbocycles. The summed E-state index contributed by atoms with van der Waals surface area (Å²) in [4.78, 5) is 14.3. The van der Waals surface area contributed by atoms with E-state index in [2.05, 4.69) is 10.3 Å². The molecule has 3 nitrogen and oxygen atoms in total. The number of hydrogen-bond donors (Lipinski definition) is 1. The highest BCUT2D eigenvalue weighted by Gasteiger charge is 2.11. The Morgan fingerprint density at radius 2 is 2.31 bits per heavy atom. The van der Waals surface area contributed by atoms with Crippen LogP contribution in [-0.4, -0.2) is 10.9 Å². The lowest BCUT2D eigenvalue weighted by atomic mass is 10.2. The molecule has 0 saturated heterocycles. The van der Waals surface area contributed by atoms with Gasteiger partial charge in [0, 0.05) is 13.1 Å². The summed E-state index contributed by atoms with van der Waals surface area (Å²) in [6.45, 7) is 2.94. The van der Waals surface area contributed by atoms with E-state index in [1.54, 1.807) is 6.92 Å². The highest BCUT2D eigenvalue weighted by molar-refractivity contribution is 6.29. The minimum absolute atomic E-state index is 0.0903. The van der Waals surface area contributed by atoms with Gasteiger partial charge in [0.05, 0.1) is 5.69 Å². The van der Waals surface area contributed by atoms with E-state index < -0.39 is 5.82 Å². The molecule has 0 unspecified atom stereocenters. The van der Waals surface area contributed by atoms with Crippen LogP contribution >= 0.6 is 11.6 Å². The zero-order chi connectivity index (χ0) is 10.0. The Bertz CT molecular complexity index is 354. The fourth-order valence-electron chi connectivity index (χ4n) is 0.880. The number of amides is 1. The van der Waals surface area contributed by atoms with Crippen molar-refractivity contribution in [1.29, 1.82) is 0 Å². The van der Waals surface area contributed by atoms with Gasteiger partial charge >= 0.3 is 0 Å². The summed E-state index contributed by atoms with van der Waals surface area (Å²) in [5.41, 5.74) is 0.629. The fourth-order valence-corrected chi connectivity index (χ4v) is 1.02. The van der Waals surface area contributed by atoms with E-state index in [1.165, 1.54) is 13.1 Å². The van der Waals surface area contributed by atoms with Gasteiger partial charge in [0.2, 0.25) is 5.91 Å². The quantitative estimate of drug-likeness (QED) is 0.709. The van der Waals surface area contributed by atoms with Gasteiger partial charge in [-0.1, -0.05) is 11.6 Å². The molecular weight excluding hydrogens is 195 g/mol. The Morgan fingerprint density at radius 1 is 1.69 bits per heavy atom. The lowest BCUT2D eigenvalue weighted by Gasteiger charge is -2.07. The summed E-state index contributed by atoms with van der Waals surface area (Å²) in [5, 5.41) is 2.10. The second-order valence-corrected chi connectivity index (χ2v) is 2.96. The van der Waals surface area contributed by atoms with Crippen LogP contribution in [0.25, 0.3) is 0 Å².